The Morgan fingerprint density at radius 1 is 1.28 bits per heavy atom. The molecule has 0 spiro atoms. The minimum atomic E-state index is -2.54. The number of carbonyl (C=O) groups is 1. The van der Waals surface area contributed by atoms with Crippen molar-refractivity contribution in [1.82, 2.24) is 0 Å². The standard InChI is InChI=1S/C15H23N2O5PS2/c1-5-21-23(24,22-6-2)25-11-15(18)16(12(3)4)13-7-9-14(10-8-13)17(19)20/h7-10,12H,5-6,11H2,1-4H3. The van der Waals surface area contributed by atoms with Crippen LogP contribution < -0.4 is 4.90 Å². The number of hydrogen-bond acceptors (Lipinski definition) is 7. The van der Waals surface area contributed by atoms with Gasteiger partial charge >= 0.3 is 0 Å². The molecule has 1 aromatic carbocycles. The van der Waals surface area contributed by atoms with E-state index in [1.54, 1.807) is 17.0 Å². The van der Waals surface area contributed by atoms with Crippen molar-refractivity contribution in [2.45, 2.75) is 33.7 Å². The highest BCUT2D eigenvalue weighted by Crippen LogP contribution is 2.60. The van der Waals surface area contributed by atoms with E-state index in [1.165, 1.54) is 23.5 Å². The van der Waals surface area contributed by atoms with Gasteiger partial charge in [-0.15, -0.1) is 0 Å². The number of amides is 1. The van der Waals surface area contributed by atoms with Gasteiger partial charge in [0, 0.05) is 23.9 Å². The van der Waals surface area contributed by atoms with E-state index in [4.69, 9.17) is 20.9 Å². The minimum absolute atomic E-state index is 0.0162. The minimum Gasteiger partial charge on any atom is -0.322 e. The van der Waals surface area contributed by atoms with Crippen LogP contribution in [0.15, 0.2) is 24.3 Å². The summed E-state index contributed by atoms with van der Waals surface area (Å²) in [6, 6.07) is 5.81. The summed E-state index contributed by atoms with van der Waals surface area (Å²) >= 11 is 6.63. The second-order valence-corrected chi connectivity index (χ2v) is 11.5. The SMILES string of the molecule is CCOP(=S)(OCC)SCC(=O)N(c1ccc([N+](=O)[O-])cc1)C(C)C. The molecule has 0 aromatic heterocycles. The molecular formula is C15H23N2O5PS2. The van der Waals surface area contributed by atoms with Gasteiger partial charge in [0.05, 0.1) is 23.9 Å². The van der Waals surface area contributed by atoms with E-state index in [1.807, 2.05) is 27.7 Å². The highest BCUT2D eigenvalue weighted by Gasteiger charge is 2.25. The number of nitrogens with zero attached hydrogens (tertiary/aromatic N) is 2. The number of anilines is 1. The topological polar surface area (TPSA) is 81.9 Å². The van der Waals surface area contributed by atoms with Crippen molar-refractivity contribution in [3.8, 4) is 0 Å². The number of nitro benzene ring substituents is 1. The summed E-state index contributed by atoms with van der Waals surface area (Å²) < 4.78 is 11.1. The monoisotopic (exact) mass is 406 g/mol. The molecule has 0 N–H and O–H groups in total. The van der Waals surface area contributed by atoms with E-state index in [2.05, 4.69) is 0 Å². The molecule has 140 valence electrons. The van der Waals surface area contributed by atoms with Gasteiger partial charge in [-0.25, -0.2) is 0 Å². The summed E-state index contributed by atoms with van der Waals surface area (Å²) in [7, 11) is 0. The second kappa shape index (κ2) is 10.2. The lowest BCUT2D eigenvalue weighted by Crippen LogP contribution is -2.38. The van der Waals surface area contributed by atoms with Gasteiger partial charge in [0.15, 0.2) is 0 Å². The van der Waals surface area contributed by atoms with Crippen LogP contribution in [0, 0.1) is 10.1 Å². The molecule has 0 heterocycles. The Morgan fingerprint density at radius 3 is 2.20 bits per heavy atom. The molecule has 0 aliphatic carbocycles. The fourth-order valence-corrected chi connectivity index (χ4v) is 6.35. The Balaban J connectivity index is 2.89. The first-order chi connectivity index (χ1) is 11.7. The Hall–Kier alpha value is -0.990. The fraction of sp³-hybridized carbons (Fsp3) is 0.533. The Morgan fingerprint density at radius 2 is 1.80 bits per heavy atom. The van der Waals surface area contributed by atoms with Gasteiger partial charge in [0.25, 0.3) is 5.69 Å². The molecule has 1 rings (SSSR count). The van der Waals surface area contributed by atoms with E-state index in [0.29, 0.717) is 18.9 Å². The third-order valence-electron chi connectivity index (χ3n) is 3.04. The van der Waals surface area contributed by atoms with Gasteiger partial charge in [-0.2, -0.15) is 0 Å². The first-order valence-corrected chi connectivity index (χ1v) is 12.1. The second-order valence-electron chi connectivity index (χ2n) is 5.19. The number of nitro groups is 1. The number of carbonyl (C=O) groups excluding carboxylic acids is 1. The van der Waals surface area contributed by atoms with Gasteiger partial charge in [-0.3, -0.25) is 14.9 Å². The number of benzene rings is 1. The van der Waals surface area contributed by atoms with Crippen LogP contribution in [0.25, 0.3) is 0 Å². The molecule has 0 radical (unpaired) electrons. The normalized spacial score (nSPS) is 11.6. The summed E-state index contributed by atoms with van der Waals surface area (Å²) in [4.78, 5) is 24.6. The molecule has 0 fully saturated rings. The predicted molar refractivity (Wildman–Crippen MR) is 106 cm³/mol. The first-order valence-electron chi connectivity index (χ1n) is 7.84. The van der Waals surface area contributed by atoms with Crippen LogP contribution in [-0.2, 0) is 25.6 Å². The summed E-state index contributed by atoms with van der Waals surface area (Å²) in [6.45, 7) is 8.28. The largest absolute Gasteiger partial charge is 0.322 e. The van der Waals surface area contributed by atoms with Gasteiger partial charge < -0.3 is 13.9 Å². The van der Waals surface area contributed by atoms with E-state index in [-0.39, 0.29) is 23.4 Å². The molecule has 0 atom stereocenters. The Kier molecular flexibility index (Phi) is 9.02. The van der Waals surface area contributed by atoms with Gasteiger partial charge in [0.1, 0.15) is 0 Å². The van der Waals surface area contributed by atoms with Crippen molar-refractivity contribution in [2.24, 2.45) is 0 Å². The molecule has 0 saturated heterocycles. The van der Waals surface area contributed by atoms with Crippen LogP contribution in [-0.4, -0.2) is 35.8 Å². The lowest BCUT2D eigenvalue weighted by Gasteiger charge is -2.28. The van der Waals surface area contributed by atoms with Gasteiger partial charge in [0.2, 0.25) is 11.6 Å². The number of rotatable bonds is 10. The molecule has 25 heavy (non-hydrogen) atoms. The van der Waals surface area contributed by atoms with Crippen LogP contribution in [0.2, 0.25) is 0 Å². The molecule has 0 aliphatic heterocycles. The van der Waals surface area contributed by atoms with E-state index < -0.39 is 10.6 Å². The maximum Gasteiger partial charge on any atom is 0.269 e. The molecule has 0 saturated carbocycles. The van der Waals surface area contributed by atoms with Gasteiger partial charge in [-0.1, -0.05) is 11.4 Å². The predicted octanol–water partition coefficient (Wildman–Crippen LogP) is 4.37. The molecular weight excluding hydrogens is 383 g/mol. The van der Waals surface area contributed by atoms with Crippen LogP contribution in [0.5, 0.6) is 0 Å². The third-order valence-corrected chi connectivity index (χ3v) is 8.44. The maximum absolute atomic E-state index is 12.7. The summed E-state index contributed by atoms with van der Waals surface area (Å²) in [6.07, 6.45) is 0. The number of hydrogen-bond donors (Lipinski definition) is 0. The zero-order valence-corrected chi connectivity index (χ0v) is 17.2. The van der Waals surface area contributed by atoms with Crippen molar-refractivity contribution in [3.63, 3.8) is 0 Å². The Bertz CT molecular complexity index is 629. The van der Waals surface area contributed by atoms with Crippen molar-refractivity contribution in [3.05, 3.63) is 34.4 Å². The quantitative estimate of drug-likeness (QED) is 0.324. The van der Waals surface area contributed by atoms with E-state index >= 15 is 0 Å². The molecule has 1 aromatic rings. The van der Waals surface area contributed by atoms with Crippen LogP contribution in [0.3, 0.4) is 0 Å². The van der Waals surface area contributed by atoms with Crippen LogP contribution in [0.1, 0.15) is 27.7 Å². The van der Waals surface area contributed by atoms with E-state index in [9.17, 15) is 14.9 Å². The highest BCUT2D eigenvalue weighted by atomic mass is 32.9. The summed E-state index contributed by atoms with van der Waals surface area (Å²) in [5, 5.41) is 10.8. The maximum atomic E-state index is 12.7. The molecule has 0 bridgehead atoms. The third kappa shape index (κ3) is 6.67. The zero-order valence-electron chi connectivity index (χ0n) is 14.7. The Labute approximate surface area is 157 Å². The molecule has 7 nitrogen and oxygen atoms in total. The zero-order chi connectivity index (χ0) is 19.0. The average molecular weight is 406 g/mol. The highest BCUT2D eigenvalue weighted by molar-refractivity contribution is 8.68. The van der Waals surface area contributed by atoms with Crippen molar-refractivity contribution >= 4 is 46.2 Å². The molecule has 10 heteroatoms. The smallest absolute Gasteiger partial charge is 0.269 e. The lowest BCUT2D eigenvalue weighted by atomic mass is 10.2. The fourth-order valence-electron chi connectivity index (χ4n) is 2.10. The summed E-state index contributed by atoms with van der Waals surface area (Å²) in [5.41, 5.74) is -1.95. The van der Waals surface area contributed by atoms with Crippen LogP contribution >= 0.6 is 17.1 Å². The summed E-state index contributed by atoms with van der Waals surface area (Å²) in [5.74, 6) is -0.0330. The van der Waals surface area contributed by atoms with Crippen molar-refractivity contribution in [1.29, 1.82) is 0 Å². The molecule has 0 unspecified atom stereocenters. The first kappa shape index (κ1) is 22.1. The lowest BCUT2D eigenvalue weighted by molar-refractivity contribution is -0.384. The van der Waals surface area contributed by atoms with E-state index in [0.717, 1.165) is 0 Å². The average Bonchev–Trinajstić information content (AvgIpc) is 2.54. The van der Waals surface area contributed by atoms with Crippen molar-refractivity contribution in [2.75, 3.05) is 23.9 Å². The molecule has 0 aliphatic rings. The number of non-ortho nitro benzene ring substituents is 1. The van der Waals surface area contributed by atoms with Crippen molar-refractivity contribution < 1.29 is 18.8 Å². The van der Waals surface area contributed by atoms with Gasteiger partial charge in [-0.05, 0) is 51.6 Å². The molecule has 1 amide bonds. The van der Waals surface area contributed by atoms with Crippen LogP contribution in [0.4, 0.5) is 11.4 Å².